The third-order valence-corrected chi connectivity index (χ3v) is 5.11. The predicted octanol–water partition coefficient (Wildman–Crippen LogP) is 4.80. The smallest absolute Gasteiger partial charge is 0.265 e. The van der Waals surface area contributed by atoms with Crippen LogP contribution in [0, 0.1) is 12.7 Å². The SMILES string of the molecule is CCC(=O)c1ccc(OCC(=O)N(Cc2csc(C)n2)c2ccc(F)cc2)cc1. The lowest BCUT2D eigenvalue weighted by atomic mass is 10.1. The fraction of sp³-hybridized carbons (Fsp3) is 0.227. The highest BCUT2D eigenvalue weighted by molar-refractivity contribution is 7.09. The Kier molecular flexibility index (Phi) is 6.72. The molecule has 1 aromatic heterocycles. The van der Waals surface area contributed by atoms with Crippen LogP contribution in [0.1, 0.15) is 34.4 Å². The first-order valence-electron chi connectivity index (χ1n) is 9.19. The van der Waals surface area contributed by atoms with E-state index in [1.54, 1.807) is 43.3 Å². The van der Waals surface area contributed by atoms with Crippen molar-refractivity contribution in [3.63, 3.8) is 0 Å². The monoisotopic (exact) mass is 412 g/mol. The number of carbonyl (C=O) groups excluding carboxylic acids is 2. The number of thiazole rings is 1. The van der Waals surface area contributed by atoms with Crippen LogP contribution < -0.4 is 9.64 Å². The molecule has 0 bridgehead atoms. The molecule has 0 N–H and O–H groups in total. The summed E-state index contributed by atoms with van der Waals surface area (Å²) in [6.07, 6.45) is 0.432. The summed E-state index contributed by atoms with van der Waals surface area (Å²) in [5.74, 6) is -0.109. The summed E-state index contributed by atoms with van der Waals surface area (Å²) < 4.78 is 18.9. The van der Waals surface area contributed by atoms with Crippen molar-refractivity contribution in [1.82, 2.24) is 4.98 Å². The number of halogens is 1. The number of Topliss-reactive ketones (excluding diaryl/α,β-unsaturated/α-hetero) is 1. The van der Waals surface area contributed by atoms with E-state index in [1.807, 2.05) is 12.3 Å². The molecular weight excluding hydrogens is 391 g/mol. The number of hydrogen-bond acceptors (Lipinski definition) is 5. The van der Waals surface area contributed by atoms with Crippen LogP contribution >= 0.6 is 11.3 Å². The van der Waals surface area contributed by atoms with Gasteiger partial charge in [0, 0.05) is 23.1 Å². The average molecular weight is 412 g/mol. The van der Waals surface area contributed by atoms with Crippen LogP contribution in [0.5, 0.6) is 5.75 Å². The topological polar surface area (TPSA) is 59.5 Å². The summed E-state index contributed by atoms with van der Waals surface area (Å²) in [5.41, 5.74) is 1.93. The van der Waals surface area contributed by atoms with Crippen LogP contribution in [0.15, 0.2) is 53.9 Å². The van der Waals surface area contributed by atoms with Gasteiger partial charge in [-0.15, -0.1) is 11.3 Å². The Morgan fingerprint density at radius 1 is 1.10 bits per heavy atom. The van der Waals surface area contributed by atoms with E-state index in [2.05, 4.69) is 4.98 Å². The summed E-state index contributed by atoms with van der Waals surface area (Å²) in [6, 6.07) is 12.4. The van der Waals surface area contributed by atoms with Gasteiger partial charge in [0.15, 0.2) is 12.4 Å². The molecule has 3 aromatic rings. The van der Waals surface area contributed by atoms with Gasteiger partial charge in [-0.1, -0.05) is 6.92 Å². The van der Waals surface area contributed by atoms with Crippen molar-refractivity contribution in [3.8, 4) is 5.75 Å². The molecule has 0 fully saturated rings. The molecule has 150 valence electrons. The van der Waals surface area contributed by atoms with Gasteiger partial charge < -0.3 is 9.64 Å². The molecule has 0 spiro atoms. The van der Waals surface area contributed by atoms with Crippen LogP contribution in [0.4, 0.5) is 10.1 Å². The number of carbonyl (C=O) groups is 2. The Labute approximate surface area is 172 Å². The molecule has 0 saturated heterocycles. The Morgan fingerprint density at radius 2 is 1.79 bits per heavy atom. The zero-order valence-electron chi connectivity index (χ0n) is 16.2. The van der Waals surface area contributed by atoms with E-state index >= 15 is 0 Å². The third kappa shape index (κ3) is 5.48. The van der Waals surface area contributed by atoms with E-state index in [1.165, 1.54) is 28.4 Å². The number of aryl methyl sites for hydroxylation is 1. The van der Waals surface area contributed by atoms with Crippen LogP contribution in [0.3, 0.4) is 0 Å². The first-order valence-corrected chi connectivity index (χ1v) is 10.1. The summed E-state index contributed by atoms with van der Waals surface area (Å²) in [5, 5.41) is 2.80. The molecular formula is C22H21FN2O3S. The molecule has 3 rings (SSSR count). The number of hydrogen-bond donors (Lipinski definition) is 0. The maximum Gasteiger partial charge on any atom is 0.265 e. The quantitative estimate of drug-likeness (QED) is 0.499. The second-order valence-electron chi connectivity index (χ2n) is 6.40. The Balaban J connectivity index is 1.72. The first-order chi connectivity index (χ1) is 14.0. The maximum absolute atomic E-state index is 13.3. The van der Waals surface area contributed by atoms with E-state index < -0.39 is 0 Å². The van der Waals surface area contributed by atoms with Gasteiger partial charge in [0.05, 0.1) is 17.2 Å². The molecule has 0 atom stereocenters. The molecule has 2 aromatic carbocycles. The molecule has 1 heterocycles. The van der Waals surface area contributed by atoms with E-state index in [-0.39, 0.29) is 30.7 Å². The van der Waals surface area contributed by atoms with Gasteiger partial charge in [-0.3, -0.25) is 9.59 Å². The van der Waals surface area contributed by atoms with E-state index in [9.17, 15) is 14.0 Å². The van der Waals surface area contributed by atoms with E-state index in [4.69, 9.17) is 4.74 Å². The molecule has 1 amide bonds. The summed E-state index contributed by atoms with van der Waals surface area (Å²) in [7, 11) is 0. The van der Waals surface area contributed by atoms with Gasteiger partial charge in [0.2, 0.25) is 0 Å². The lowest BCUT2D eigenvalue weighted by Crippen LogP contribution is -2.34. The van der Waals surface area contributed by atoms with Crippen LogP contribution in [-0.4, -0.2) is 23.3 Å². The molecule has 5 nitrogen and oxygen atoms in total. The number of amides is 1. The third-order valence-electron chi connectivity index (χ3n) is 4.29. The molecule has 0 radical (unpaired) electrons. The molecule has 7 heteroatoms. The molecule has 0 aliphatic rings. The fourth-order valence-electron chi connectivity index (χ4n) is 2.75. The van der Waals surface area contributed by atoms with E-state index in [0.29, 0.717) is 23.4 Å². The van der Waals surface area contributed by atoms with Crippen LogP contribution in [0.2, 0.25) is 0 Å². The fourth-order valence-corrected chi connectivity index (χ4v) is 3.36. The predicted molar refractivity (Wildman–Crippen MR) is 111 cm³/mol. The maximum atomic E-state index is 13.3. The van der Waals surface area contributed by atoms with Gasteiger partial charge in [0.25, 0.3) is 5.91 Å². The van der Waals surface area contributed by atoms with E-state index in [0.717, 1.165) is 10.7 Å². The zero-order valence-corrected chi connectivity index (χ0v) is 17.0. The van der Waals surface area contributed by atoms with Gasteiger partial charge in [-0.25, -0.2) is 9.37 Å². The van der Waals surface area contributed by atoms with Gasteiger partial charge in [0.1, 0.15) is 11.6 Å². The largest absolute Gasteiger partial charge is 0.484 e. The number of rotatable bonds is 8. The average Bonchev–Trinajstić information content (AvgIpc) is 3.15. The summed E-state index contributed by atoms with van der Waals surface area (Å²) in [6.45, 7) is 3.78. The molecule has 0 unspecified atom stereocenters. The minimum absolute atomic E-state index is 0.0497. The van der Waals surface area contributed by atoms with Crippen molar-refractivity contribution in [2.45, 2.75) is 26.8 Å². The number of nitrogens with zero attached hydrogens (tertiary/aromatic N) is 2. The van der Waals surface area contributed by atoms with Crippen molar-refractivity contribution in [2.24, 2.45) is 0 Å². The zero-order chi connectivity index (χ0) is 20.8. The second kappa shape index (κ2) is 9.43. The first kappa shape index (κ1) is 20.7. The molecule has 29 heavy (non-hydrogen) atoms. The number of ether oxygens (including phenoxy) is 1. The van der Waals surface area contributed by atoms with Crippen molar-refractivity contribution in [3.05, 3.63) is 76.0 Å². The van der Waals surface area contributed by atoms with Crippen molar-refractivity contribution >= 4 is 28.7 Å². The number of anilines is 1. The highest BCUT2D eigenvalue weighted by Gasteiger charge is 2.18. The lowest BCUT2D eigenvalue weighted by molar-refractivity contribution is -0.120. The standard InChI is InChI=1S/C22H21FN2O3S/c1-3-21(26)16-4-10-20(11-5-16)28-13-22(27)25(12-18-14-29-15(2)24-18)19-8-6-17(23)7-9-19/h4-11,14H,3,12-13H2,1-2H3. The Bertz CT molecular complexity index is 984. The minimum Gasteiger partial charge on any atom is -0.484 e. The molecule has 0 aliphatic carbocycles. The number of benzene rings is 2. The van der Waals surface area contributed by atoms with Gasteiger partial charge in [-0.2, -0.15) is 0 Å². The number of ketones is 1. The van der Waals surface area contributed by atoms with Crippen LogP contribution in [-0.2, 0) is 11.3 Å². The van der Waals surface area contributed by atoms with Crippen molar-refractivity contribution in [1.29, 1.82) is 0 Å². The normalized spacial score (nSPS) is 10.6. The van der Waals surface area contributed by atoms with Crippen LogP contribution in [0.25, 0.3) is 0 Å². The second-order valence-corrected chi connectivity index (χ2v) is 7.47. The van der Waals surface area contributed by atoms with Gasteiger partial charge >= 0.3 is 0 Å². The Morgan fingerprint density at radius 3 is 2.38 bits per heavy atom. The highest BCUT2D eigenvalue weighted by atomic mass is 32.1. The summed E-state index contributed by atoms with van der Waals surface area (Å²) in [4.78, 5) is 30.5. The van der Waals surface area contributed by atoms with Crippen molar-refractivity contribution < 1.29 is 18.7 Å². The number of aromatic nitrogens is 1. The minimum atomic E-state index is -0.372. The van der Waals surface area contributed by atoms with Gasteiger partial charge in [-0.05, 0) is 55.5 Å². The highest BCUT2D eigenvalue weighted by Crippen LogP contribution is 2.20. The Hall–Kier alpha value is -3.06. The summed E-state index contributed by atoms with van der Waals surface area (Å²) >= 11 is 1.50. The lowest BCUT2D eigenvalue weighted by Gasteiger charge is -2.22. The van der Waals surface area contributed by atoms with Crippen molar-refractivity contribution in [2.75, 3.05) is 11.5 Å². The molecule has 0 aliphatic heterocycles. The molecule has 0 saturated carbocycles.